The van der Waals surface area contributed by atoms with Crippen LogP contribution in [0.2, 0.25) is 5.15 Å². The second-order valence-electron chi connectivity index (χ2n) is 2.85. The van der Waals surface area contributed by atoms with Gasteiger partial charge < -0.3 is 5.11 Å². The summed E-state index contributed by atoms with van der Waals surface area (Å²) in [5, 5.41) is 7.80. The zero-order valence-electron chi connectivity index (χ0n) is 7.92. The number of carboxylic acid groups (broad SMARTS) is 1. The molecule has 1 rings (SSSR count). The van der Waals surface area contributed by atoms with Gasteiger partial charge in [-0.2, -0.15) is 13.2 Å². The molecule has 1 aromatic rings. The standard InChI is InChI=1S/C8H6ClF3N2O2/c1-14(7(15)16)5-3-2-4(6(9)13-5)8(10,11)12/h2-3H,1H3,(H,15,16). The summed E-state index contributed by atoms with van der Waals surface area (Å²) < 4.78 is 36.9. The Bertz CT molecular complexity index is 422. The number of carbonyl (C=O) groups is 1. The maximum Gasteiger partial charge on any atom is 0.419 e. The number of hydrogen-bond donors (Lipinski definition) is 1. The number of aromatic nitrogens is 1. The summed E-state index contributed by atoms with van der Waals surface area (Å²) in [5.41, 5.74) is -1.10. The second kappa shape index (κ2) is 4.17. The summed E-state index contributed by atoms with van der Waals surface area (Å²) in [6.07, 6.45) is -5.95. The maximum atomic E-state index is 12.3. The van der Waals surface area contributed by atoms with Crippen LogP contribution in [0, 0.1) is 0 Å². The van der Waals surface area contributed by atoms with Crippen LogP contribution >= 0.6 is 11.6 Å². The van der Waals surface area contributed by atoms with Crippen LogP contribution in [0.4, 0.5) is 23.8 Å². The molecule has 0 spiro atoms. The van der Waals surface area contributed by atoms with E-state index in [0.29, 0.717) is 11.0 Å². The topological polar surface area (TPSA) is 53.4 Å². The summed E-state index contributed by atoms with van der Waals surface area (Å²) in [6, 6.07) is 1.62. The molecule has 0 aliphatic heterocycles. The minimum absolute atomic E-state index is 0.175. The van der Waals surface area contributed by atoms with E-state index in [0.717, 1.165) is 13.1 Å². The molecule has 1 heterocycles. The Kier molecular flexibility index (Phi) is 3.27. The molecule has 1 N–H and O–H groups in total. The molecular formula is C8H6ClF3N2O2. The normalized spacial score (nSPS) is 11.3. The lowest BCUT2D eigenvalue weighted by molar-refractivity contribution is -0.137. The van der Waals surface area contributed by atoms with Crippen molar-refractivity contribution in [1.82, 2.24) is 4.98 Å². The fourth-order valence-corrected chi connectivity index (χ4v) is 1.18. The van der Waals surface area contributed by atoms with Crippen molar-refractivity contribution >= 4 is 23.5 Å². The third-order valence-corrected chi connectivity index (χ3v) is 2.06. The average molecular weight is 255 g/mol. The van der Waals surface area contributed by atoms with E-state index in [4.69, 9.17) is 16.7 Å². The summed E-state index contributed by atoms with van der Waals surface area (Å²) >= 11 is 5.31. The molecule has 0 saturated carbocycles. The van der Waals surface area contributed by atoms with Gasteiger partial charge in [0.1, 0.15) is 11.0 Å². The second-order valence-corrected chi connectivity index (χ2v) is 3.21. The lowest BCUT2D eigenvalue weighted by Crippen LogP contribution is -2.25. The van der Waals surface area contributed by atoms with Crippen LogP contribution in [-0.4, -0.2) is 23.2 Å². The highest BCUT2D eigenvalue weighted by Gasteiger charge is 2.34. The van der Waals surface area contributed by atoms with Gasteiger partial charge in [-0.3, -0.25) is 4.90 Å². The van der Waals surface area contributed by atoms with Crippen LogP contribution in [0.25, 0.3) is 0 Å². The molecule has 0 bridgehead atoms. The highest BCUT2D eigenvalue weighted by atomic mass is 35.5. The summed E-state index contributed by atoms with van der Waals surface area (Å²) in [4.78, 5) is 14.5. The zero-order valence-corrected chi connectivity index (χ0v) is 8.67. The first kappa shape index (κ1) is 12.6. The predicted molar refractivity (Wildman–Crippen MR) is 50.7 cm³/mol. The molecule has 1 aromatic heterocycles. The molecule has 0 radical (unpaired) electrons. The number of nitrogens with zero attached hydrogens (tertiary/aromatic N) is 2. The van der Waals surface area contributed by atoms with Crippen molar-refractivity contribution in [2.75, 3.05) is 11.9 Å². The summed E-state index contributed by atoms with van der Waals surface area (Å²) in [7, 11) is 1.15. The first-order valence-corrected chi connectivity index (χ1v) is 4.31. The van der Waals surface area contributed by atoms with Crippen LogP contribution in [0.15, 0.2) is 12.1 Å². The van der Waals surface area contributed by atoms with E-state index in [-0.39, 0.29) is 5.82 Å². The average Bonchev–Trinajstić information content (AvgIpc) is 2.14. The van der Waals surface area contributed by atoms with Gasteiger partial charge in [0.05, 0.1) is 5.56 Å². The Balaban J connectivity index is 3.14. The van der Waals surface area contributed by atoms with Crippen molar-refractivity contribution in [1.29, 1.82) is 0 Å². The number of halogens is 4. The molecule has 0 aromatic carbocycles. The van der Waals surface area contributed by atoms with Gasteiger partial charge in [0.15, 0.2) is 0 Å². The first-order valence-electron chi connectivity index (χ1n) is 3.94. The van der Waals surface area contributed by atoms with Gasteiger partial charge in [0.25, 0.3) is 0 Å². The smallest absolute Gasteiger partial charge is 0.419 e. The minimum Gasteiger partial charge on any atom is -0.465 e. The van der Waals surface area contributed by atoms with Crippen LogP contribution in [-0.2, 0) is 6.18 Å². The van der Waals surface area contributed by atoms with Gasteiger partial charge in [0.2, 0.25) is 0 Å². The zero-order chi connectivity index (χ0) is 12.5. The van der Waals surface area contributed by atoms with Crippen LogP contribution in [0.5, 0.6) is 0 Å². The number of anilines is 1. The number of amides is 1. The molecule has 0 aliphatic carbocycles. The highest BCUT2D eigenvalue weighted by Crippen LogP contribution is 2.34. The Morgan fingerprint density at radius 3 is 2.44 bits per heavy atom. The molecule has 0 aliphatic rings. The van der Waals surface area contributed by atoms with E-state index in [1.54, 1.807) is 0 Å². The van der Waals surface area contributed by atoms with E-state index in [1.165, 1.54) is 0 Å². The van der Waals surface area contributed by atoms with Crippen LogP contribution in [0.3, 0.4) is 0 Å². The fourth-order valence-electron chi connectivity index (χ4n) is 0.921. The number of pyridine rings is 1. The molecule has 0 saturated heterocycles. The van der Waals surface area contributed by atoms with Crippen molar-refractivity contribution < 1.29 is 23.1 Å². The Labute approximate surface area is 93.3 Å². The minimum atomic E-state index is -4.61. The molecule has 0 atom stereocenters. The Morgan fingerprint density at radius 1 is 1.50 bits per heavy atom. The molecule has 0 fully saturated rings. The SMILES string of the molecule is CN(C(=O)O)c1ccc(C(F)(F)F)c(Cl)n1. The molecule has 1 amide bonds. The molecule has 0 unspecified atom stereocenters. The van der Waals surface area contributed by atoms with Crippen molar-refractivity contribution in [2.24, 2.45) is 0 Å². The first-order chi connectivity index (χ1) is 7.23. The van der Waals surface area contributed by atoms with Crippen molar-refractivity contribution in [3.05, 3.63) is 22.8 Å². The van der Waals surface area contributed by atoms with Gasteiger partial charge in [-0.15, -0.1) is 0 Å². The lowest BCUT2D eigenvalue weighted by Gasteiger charge is -2.14. The van der Waals surface area contributed by atoms with Gasteiger partial charge in [-0.05, 0) is 12.1 Å². The molecule has 4 nitrogen and oxygen atoms in total. The number of alkyl halides is 3. The van der Waals surface area contributed by atoms with Gasteiger partial charge in [0, 0.05) is 7.05 Å². The maximum absolute atomic E-state index is 12.3. The van der Waals surface area contributed by atoms with E-state index in [1.807, 2.05) is 0 Å². The molecule has 16 heavy (non-hydrogen) atoms. The number of hydrogen-bond acceptors (Lipinski definition) is 2. The quantitative estimate of drug-likeness (QED) is 0.784. The van der Waals surface area contributed by atoms with Crippen molar-refractivity contribution in [2.45, 2.75) is 6.18 Å². The largest absolute Gasteiger partial charge is 0.465 e. The fraction of sp³-hybridized carbons (Fsp3) is 0.250. The van der Waals surface area contributed by atoms with E-state index in [2.05, 4.69) is 4.98 Å². The Hall–Kier alpha value is -1.50. The third-order valence-electron chi connectivity index (χ3n) is 1.77. The van der Waals surface area contributed by atoms with Crippen molar-refractivity contribution in [3.8, 4) is 0 Å². The monoisotopic (exact) mass is 254 g/mol. The van der Waals surface area contributed by atoms with Gasteiger partial charge in [-0.1, -0.05) is 11.6 Å². The predicted octanol–water partition coefficient (Wildman–Crippen LogP) is 2.87. The van der Waals surface area contributed by atoms with Gasteiger partial charge in [-0.25, -0.2) is 9.78 Å². The van der Waals surface area contributed by atoms with E-state index < -0.39 is 23.0 Å². The van der Waals surface area contributed by atoms with Gasteiger partial charge >= 0.3 is 12.3 Å². The van der Waals surface area contributed by atoms with Crippen LogP contribution in [0.1, 0.15) is 5.56 Å². The molecule has 8 heteroatoms. The highest BCUT2D eigenvalue weighted by molar-refractivity contribution is 6.30. The van der Waals surface area contributed by atoms with Crippen molar-refractivity contribution in [3.63, 3.8) is 0 Å². The van der Waals surface area contributed by atoms with E-state index in [9.17, 15) is 18.0 Å². The lowest BCUT2D eigenvalue weighted by atomic mass is 10.2. The summed E-state index contributed by atoms with van der Waals surface area (Å²) in [6.45, 7) is 0. The van der Waals surface area contributed by atoms with Crippen LogP contribution < -0.4 is 4.90 Å². The Morgan fingerprint density at radius 2 is 2.06 bits per heavy atom. The molecule has 88 valence electrons. The molecular weight excluding hydrogens is 249 g/mol. The van der Waals surface area contributed by atoms with E-state index >= 15 is 0 Å². The number of rotatable bonds is 1. The summed E-state index contributed by atoms with van der Waals surface area (Å²) in [5.74, 6) is -0.175. The third kappa shape index (κ3) is 2.54.